The number of carbonyl (C=O) groups is 1. The fourth-order valence-corrected chi connectivity index (χ4v) is 2.05. The van der Waals surface area contributed by atoms with Crippen LogP contribution in [0.5, 0.6) is 0 Å². The Morgan fingerprint density at radius 2 is 2.16 bits per heavy atom. The zero-order chi connectivity index (χ0) is 13.4. The molecule has 1 unspecified atom stereocenters. The topological polar surface area (TPSA) is 67.5 Å². The minimum atomic E-state index is -0.374. The number of anilines is 1. The van der Waals surface area contributed by atoms with Crippen molar-refractivity contribution in [2.45, 2.75) is 19.8 Å². The average molecular weight is 255 g/mol. The van der Waals surface area contributed by atoms with Gasteiger partial charge in [0, 0.05) is 17.5 Å². The van der Waals surface area contributed by atoms with Crippen molar-refractivity contribution in [2.24, 2.45) is 4.99 Å². The molecule has 1 aromatic carbocycles. The molecule has 5 nitrogen and oxygen atoms in total. The lowest BCUT2D eigenvalue weighted by molar-refractivity contribution is -0.115. The van der Waals surface area contributed by atoms with Gasteiger partial charge in [0.25, 0.3) is 5.88 Å². The van der Waals surface area contributed by atoms with Gasteiger partial charge in [0.15, 0.2) is 0 Å². The van der Waals surface area contributed by atoms with E-state index in [2.05, 4.69) is 15.5 Å². The highest BCUT2D eigenvalue weighted by atomic mass is 16.5. The Balaban J connectivity index is 1.92. The van der Waals surface area contributed by atoms with Crippen molar-refractivity contribution in [3.8, 4) is 0 Å². The Morgan fingerprint density at radius 1 is 1.37 bits per heavy atom. The summed E-state index contributed by atoms with van der Waals surface area (Å²) in [6.07, 6.45) is 1.61. The summed E-state index contributed by atoms with van der Waals surface area (Å²) in [5.41, 5.74) is 3.48. The van der Waals surface area contributed by atoms with Crippen molar-refractivity contribution >= 4 is 23.7 Å². The van der Waals surface area contributed by atoms with E-state index in [0.717, 1.165) is 22.5 Å². The van der Waals surface area contributed by atoms with Gasteiger partial charge in [0.05, 0.1) is 5.69 Å². The van der Waals surface area contributed by atoms with E-state index in [1.54, 1.807) is 6.21 Å². The predicted molar refractivity (Wildman–Crippen MR) is 71.9 cm³/mol. The molecular weight excluding hydrogens is 242 g/mol. The Labute approximate surface area is 110 Å². The van der Waals surface area contributed by atoms with E-state index < -0.39 is 0 Å². The number of hydrogen-bond donors (Lipinski definition) is 1. The largest absolute Gasteiger partial charge is 0.336 e. The van der Waals surface area contributed by atoms with Crippen LogP contribution >= 0.6 is 0 Å². The molecule has 0 spiro atoms. The summed E-state index contributed by atoms with van der Waals surface area (Å²) in [5.74, 6) is 0.00882. The zero-order valence-corrected chi connectivity index (χ0v) is 10.7. The van der Waals surface area contributed by atoms with Gasteiger partial charge in [0.2, 0.25) is 5.91 Å². The van der Waals surface area contributed by atoms with Gasteiger partial charge in [-0.25, -0.2) is 4.99 Å². The Morgan fingerprint density at radius 3 is 2.89 bits per heavy atom. The molecule has 1 aliphatic rings. The number of aliphatic imine (C=N–C) groups is 1. The first-order chi connectivity index (χ1) is 9.16. The fourth-order valence-electron chi connectivity index (χ4n) is 2.05. The number of amides is 1. The van der Waals surface area contributed by atoms with Crippen molar-refractivity contribution in [3.05, 3.63) is 41.1 Å². The summed E-state index contributed by atoms with van der Waals surface area (Å²) in [6, 6.07) is 7.60. The molecule has 0 aliphatic carbocycles. The third-order valence-corrected chi connectivity index (χ3v) is 3.31. The van der Waals surface area contributed by atoms with Crippen LogP contribution in [0.2, 0.25) is 0 Å². The summed E-state index contributed by atoms with van der Waals surface area (Å²) in [6.45, 7) is 3.75. The van der Waals surface area contributed by atoms with Crippen molar-refractivity contribution in [1.29, 1.82) is 0 Å². The molecular formula is C14H13N3O2. The Kier molecular flexibility index (Phi) is 2.67. The molecule has 96 valence electrons. The zero-order valence-electron chi connectivity index (χ0n) is 10.7. The molecule has 1 aromatic heterocycles. The Bertz CT molecular complexity index is 673. The van der Waals surface area contributed by atoms with E-state index in [1.165, 1.54) is 0 Å². The molecule has 5 heteroatoms. The molecule has 1 N–H and O–H groups in total. The molecule has 2 aromatic rings. The number of nitrogens with one attached hydrogen (secondary N) is 1. The maximum Gasteiger partial charge on any atom is 0.253 e. The molecule has 2 heterocycles. The second-order valence-electron chi connectivity index (χ2n) is 4.53. The van der Waals surface area contributed by atoms with E-state index in [1.807, 2.05) is 38.1 Å². The third kappa shape index (κ3) is 1.93. The van der Waals surface area contributed by atoms with Crippen LogP contribution in [0.4, 0.5) is 11.6 Å². The van der Waals surface area contributed by atoms with Crippen molar-refractivity contribution < 1.29 is 9.32 Å². The first kappa shape index (κ1) is 11.6. The highest BCUT2D eigenvalue weighted by Gasteiger charge is 2.28. The van der Waals surface area contributed by atoms with Gasteiger partial charge in [-0.1, -0.05) is 23.4 Å². The van der Waals surface area contributed by atoms with E-state index in [4.69, 9.17) is 4.52 Å². The number of aryl methyl sites for hydroxylation is 1. The third-order valence-electron chi connectivity index (χ3n) is 3.31. The van der Waals surface area contributed by atoms with E-state index in [-0.39, 0.29) is 11.8 Å². The van der Waals surface area contributed by atoms with Crippen LogP contribution in [0.1, 0.15) is 22.7 Å². The second-order valence-corrected chi connectivity index (χ2v) is 4.53. The molecule has 0 saturated carbocycles. The summed E-state index contributed by atoms with van der Waals surface area (Å²) in [4.78, 5) is 16.1. The van der Waals surface area contributed by atoms with Crippen molar-refractivity contribution in [2.75, 3.05) is 5.32 Å². The highest BCUT2D eigenvalue weighted by Crippen LogP contribution is 2.31. The Hall–Kier alpha value is -2.43. The molecule has 0 fully saturated rings. The van der Waals surface area contributed by atoms with Crippen LogP contribution in [-0.2, 0) is 4.79 Å². The summed E-state index contributed by atoms with van der Waals surface area (Å²) >= 11 is 0. The maximum atomic E-state index is 11.9. The number of carbonyl (C=O) groups excluding carboxylic acids is 1. The number of rotatable bonds is 2. The van der Waals surface area contributed by atoms with Crippen LogP contribution < -0.4 is 5.32 Å². The first-order valence-electron chi connectivity index (χ1n) is 6.03. The number of aromatic nitrogens is 1. The molecule has 0 radical (unpaired) electrons. The molecule has 0 saturated heterocycles. The molecule has 1 atom stereocenters. The van der Waals surface area contributed by atoms with Gasteiger partial charge in [-0.05, 0) is 25.5 Å². The summed E-state index contributed by atoms with van der Waals surface area (Å²) < 4.78 is 5.10. The molecule has 0 bridgehead atoms. The van der Waals surface area contributed by atoms with Gasteiger partial charge >= 0.3 is 0 Å². The number of nitrogens with zero attached hydrogens (tertiary/aromatic N) is 2. The second kappa shape index (κ2) is 4.35. The van der Waals surface area contributed by atoms with Crippen LogP contribution in [0.25, 0.3) is 0 Å². The lowest BCUT2D eigenvalue weighted by Crippen LogP contribution is -2.12. The number of para-hydroxylation sites is 1. The van der Waals surface area contributed by atoms with Gasteiger partial charge in [-0.15, -0.1) is 0 Å². The van der Waals surface area contributed by atoms with E-state index >= 15 is 0 Å². The predicted octanol–water partition coefficient (Wildman–Crippen LogP) is 2.73. The molecule has 3 rings (SSSR count). The van der Waals surface area contributed by atoms with Crippen molar-refractivity contribution in [1.82, 2.24) is 5.16 Å². The van der Waals surface area contributed by atoms with E-state index in [9.17, 15) is 4.79 Å². The highest BCUT2D eigenvalue weighted by molar-refractivity contribution is 6.12. The first-order valence-corrected chi connectivity index (χ1v) is 6.03. The number of benzene rings is 1. The molecule has 1 amide bonds. The van der Waals surface area contributed by atoms with Crippen LogP contribution in [0.3, 0.4) is 0 Å². The lowest BCUT2D eigenvalue weighted by Gasteiger charge is -2.00. The SMILES string of the molecule is Cc1noc(N=CC2C(=O)Nc3ccccc32)c1C. The van der Waals surface area contributed by atoms with Crippen LogP contribution in [0.15, 0.2) is 33.8 Å². The molecule has 19 heavy (non-hydrogen) atoms. The maximum absolute atomic E-state index is 11.9. The average Bonchev–Trinajstić information content (AvgIpc) is 2.89. The monoisotopic (exact) mass is 255 g/mol. The summed E-state index contributed by atoms with van der Waals surface area (Å²) in [7, 11) is 0. The minimum absolute atomic E-state index is 0.0705. The van der Waals surface area contributed by atoms with Gasteiger partial charge in [-0.2, -0.15) is 0 Å². The minimum Gasteiger partial charge on any atom is -0.336 e. The fraction of sp³-hybridized carbons (Fsp3) is 0.214. The number of fused-ring (bicyclic) bond motifs is 1. The van der Waals surface area contributed by atoms with Gasteiger partial charge in [0.1, 0.15) is 5.92 Å². The number of hydrogen-bond acceptors (Lipinski definition) is 4. The molecule has 1 aliphatic heterocycles. The van der Waals surface area contributed by atoms with Gasteiger partial charge in [-0.3, -0.25) is 4.79 Å². The van der Waals surface area contributed by atoms with Crippen LogP contribution in [0, 0.1) is 13.8 Å². The quantitative estimate of drug-likeness (QED) is 0.839. The van der Waals surface area contributed by atoms with Crippen LogP contribution in [-0.4, -0.2) is 17.3 Å². The smallest absolute Gasteiger partial charge is 0.253 e. The normalized spacial score (nSPS) is 17.8. The lowest BCUT2D eigenvalue weighted by atomic mass is 10.0. The van der Waals surface area contributed by atoms with Gasteiger partial charge < -0.3 is 9.84 Å². The summed E-state index contributed by atoms with van der Waals surface area (Å²) in [5, 5.41) is 6.66. The van der Waals surface area contributed by atoms with E-state index in [0.29, 0.717) is 5.88 Å². The van der Waals surface area contributed by atoms with Crippen molar-refractivity contribution in [3.63, 3.8) is 0 Å². The standard InChI is InChI=1S/C14H13N3O2/c1-8-9(2)17-19-14(8)15-7-11-10-5-3-4-6-12(10)16-13(11)18/h3-7,11H,1-2H3,(H,16,18).